The quantitative estimate of drug-likeness (QED) is 0.796. The third kappa shape index (κ3) is 3.66. The molecule has 5 rings (SSSR count). The van der Waals surface area contributed by atoms with Crippen molar-refractivity contribution in [3.05, 3.63) is 66.0 Å². The number of carboxylic acid groups (broad SMARTS) is 1. The van der Waals surface area contributed by atoms with Crippen molar-refractivity contribution in [2.45, 2.75) is 30.3 Å². The zero-order chi connectivity index (χ0) is 20.3. The highest BCUT2D eigenvalue weighted by Crippen LogP contribution is 2.40. The fourth-order valence-corrected chi connectivity index (χ4v) is 4.78. The number of carboxylic acids is 1. The third-order valence-corrected chi connectivity index (χ3v) is 6.39. The number of aromatic nitrogens is 1. The first-order valence-corrected chi connectivity index (χ1v) is 10.1. The highest BCUT2D eigenvalue weighted by Gasteiger charge is 2.47. The van der Waals surface area contributed by atoms with Gasteiger partial charge in [0, 0.05) is 32.0 Å². The van der Waals surface area contributed by atoms with E-state index in [2.05, 4.69) is 21.7 Å². The largest absolute Gasteiger partial charge is 0.481 e. The SMILES string of the molecule is CO[C@]1(C#CC(CC(=O)O)(c2ccccc2)c2cccnc2)CN2CCC1CC2. The molecule has 3 saturated heterocycles. The van der Waals surface area contributed by atoms with Crippen molar-refractivity contribution in [3.63, 3.8) is 0 Å². The molecule has 5 heteroatoms. The number of pyridine rings is 1. The maximum atomic E-state index is 12.0. The van der Waals surface area contributed by atoms with Crippen molar-refractivity contribution in [2.75, 3.05) is 26.7 Å². The molecule has 4 heterocycles. The molecule has 3 fully saturated rings. The monoisotopic (exact) mass is 390 g/mol. The highest BCUT2D eigenvalue weighted by atomic mass is 16.5. The molecule has 1 aromatic heterocycles. The molecule has 29 heavy (non-hydrogen) atoms. The van der Waals surface area contributed by atoms with E-state index in [0.29, 0.717) is 5.92 Å². The number of nitrogens with zero attached hydrogens (tertiary/aromatic N) is 2. The molecule has 0 amide bonds. The molecule has 0 radical (unpaired) electrons. The van der Waals surface area contributed by atoms with Crippen LogP contribution in [0.5, 0.6) is 0 Å². The summed E-state index contributed by atoms with van der Waals surface area (Å²) in [5.74, 6) is 6.35. The van der Waals surface area contributed by atoms with E-state index < -0.39 is 17.0 Å². The molecule has 3 aliphatic rings. The van der Waals surface area contributed by atoms with Crippen LogP contribution >= 0.6 is 0 Å². The first-order valence-electron chi connectivity index (χ1n) is 10.1. The molecule has 3 aliphatic heterocycles. The molecule has 0 spiro atoms. The predicted molar refractivity (Wildman–Crippen MR) is 110 cm³/mol. The van der Waals surface area contributed by atoms with Gasteiger partial charge in [-0.2, -0.15) is 0 Å². The van der Waals surface area contributed by atoms with Gasteiger partial charge >= 0.3 is 5.97 Å². The Labute approximate surface area is 171 Å². The summed E-state index contributed by atoms with van der Waals surface area (Å²) in [4.78, 5) is 18.6. The van der Waals surface area contributed by atoms with Crippen LogP contribution in [0.2, 0.25) is 0 Å². The van der Waals surface area contributed by atoms with E-state index >= 15 is 0 Å². The molecule has 2 atom stereocenters. The average Bonchev–Trinajstić information content (AvgIpc) is 2.78. The molecule has 1 unspecified atom stereocenters. The summed E-state index contributed by atoms with van der Waals surface area (Å²) < 4.78 is 6.01. The Hall–Kier alpha value is -2.68. The van der Waals surface area contributed by atoms with Gasteiger partial charge in [0.25, 0.3) is 0 Å². The minimum absolute atomic E-state index is 0.135. The first-order chi connectivity index (χ1) is 14.1. The van der Waals surface area contributed by atoms with Gasteiger partial charge in [0.2, 0.25) is 0 Å². The van der Waals surface area contributed by atoms with Crippen LogP contribution in [0.15, 0.2) is 54.9 Å². The maximum absolute atomic E-state index is 12.0. The van der Waals surface area contributed by atoms with Crippen LogP contribution in [0.1, 0.15) is 30.4 Å². The summed E-state index contributed by atoms with van der Waals surface area (Å²) >= 11 is 0. The van der Waals surface area contributed by atoms with Crippen molar-refractivity contribution in [1.29, 1.82) is 0 Å². The van der Waals surface area contributed by atoms with Crippen molar-refractivity contribution in [3.8, 4) is 11.8 Å². The predicted octanol–water partition coefficient (Wildman–Crippen LogP) is 2.96. The molecule has 0 saturated carbocycles. The number of methoxy groups -OCH3 is 1. The van der Waals surface area contributed by atoms with Gasteiger partial charge < -0.3 is 9.84 Å². The lowest BCUT2D eigenvalue weighted by Gasteiger charge is -2.50. The number of ether oxygens (including phenoxy) is 1. The Bertz CT molecular complexity index is 872. The summed E-state index contributed by atoms with van der Waals surface area (Å²) in [5.41, 5.74) is 0.0972. The van der Waals surface area contributed by atoms with Gasteiger partial charge in [-0.1, -0.05) is 48.2 Å². The van der Waals surface area contributed by atoms with Gasteiger partial charge in [0.15, 0.2) is 0 Å². The van der Waals surface area contributed by atoms with Gasteiger partial charge in [-0.05, 0) is 43.1 Å². The average molecular weight is 390 g/mol. The second kappa shape index (κ2) is 7.98. The van der Waals surface area contributed by atoms with Crippen molar-refractivity contribution >= 4 is 5.97 Å². The van der Waals surface area contributed by atoms with E-state index in [1.807, 2.05) is 42.5 Å². The first kappa shape index (κ1) is 19.6. The lowest BCUT2D eigenvalue weighted by atomic mass is 9.71. The standard InChI is InChI=1S/C24H26N2O3/c1-29-24(18-26-14-9-20(24)10-15-26)12-11-23(16-22(27)28,19-6-3-2-4-7-19)21-8-5-13-25-17-21/h2-8,13,17,20H,9-10,14-16,18H2,1H3,(H,27,28)/t23?,24-/m1/s1. The Balaban J connectivity index is 1.87. The molecule has 150 valence electrons. The third-order valence-electron chi connectivity index (χ3n) is 6.39. The van der Waals surface area contributed by atoms with Gasteiger partial charge in [-0.3, -0.25) is 14.7 Å². The van der Waals surface area contributed by atoms with Crippen LogP contribution in [0.4, 0.5) is 0 Å². The number of carbonyl (C=O) groups is 1. The van der Waals surface area contributed by atoms with E-state index in [1.165, 1.54) is 0 Å². The van der Waals surface area contributed by atoms with Crippen molar-refractivity contribution in [2.24, 2.45) is 5.92 Å². The number of fused-ring (bicyclic) bond motifs is 3. The van der Waals surface area contributed by atoms with Gasteiger partial charge in [-0.25, -0.2) is 0 Å². The van der Waals surface area contributed by atoms with E-state index in [0.717, 1.165) is 43.6 Å². The Kier molecular flexibility index (Phi) is 5.40. The van der Waals surface area contributed by atoms with E-state index in [9.17, 15) is 9.90 Å². The smallest absolute Gasteiger partial charge is 0.305 e. The number of benzene rings is 1. The maximum Gasteiger partial charge on any atom is 0.305 e. The summed E-state index contributed by atoms with van der Waals surface area (Å²) in [6, 6.07) is 13.4. The van der Waals surface area contributed by atoms with E-state index in [4.69, 9.17) is 4.74 Å². The van der Waals surface area contributed by atoms with Crippen LogP contribution in [0.25, 0.3) is 0 Å². The highest BCUT2D eigenvalue weighted by molar-refractivity contribution is 5.72. The molecule has 2 bridgehead atoms. The summed E-state index contributed by atoms with van der Waals surface area (Å²) in [5, 5.41) is 9.81. The molecule has 1 aromatic carbocycles. The molecule has 0 aliphatic carbocycles. The lowest BCUT2D eigenvalue weighted by molar-refractivity contribution is -0.137. The van der Waals surface area contributed by atoms with Crippen LogP contribution in [0.3, 0.4) is 0 Å². The zero-order valence-electron chi connectivity index (χ0n) is 16.7. The molecule has 1 N–H and O–H groups in total. The van der Waals surface area contributed by atoms with Gasteiger partial charge in [-0.15, -0.1) is 0 Å². The second-order valence-corrected chi connectivity index (χ2v) is 7.98. The molecule has 5 nitrogen and oxygen atoms in total. The Morgan fingerprint density at radius 1 is 1.24 bits per heavy atom. The number of aliphatic carboxylic acids is 1. The van der Waals surface area contributed by atoms with E-state index in [1.54, 1.807) is 19.5 Å². The minimum atomic E-state index is -0.987. The normalized spacial score (nSPS) is 27.5. The van der Waals surface area contributed by atoms with Crippen LogP contribution < -0.4 is 0 Å². The summed E-state index contributed by atoms with van der Waals surface area (Å²) in [7, 11) is 1.72. The van der Waals surface area contributed by atoms with Crippen LogP contribution in [0, 0.1) is 17.8 Å². The van der Waals surface area contributed by atoms with Gasteiger partial charge in [0.05, 0.1) is 11.8 Å². The van der Waals surface area contributed by atoms with Crippen LogP contribution in [-0.2, 0) is 14.9 Å². The zero-order valence-corrected chi connectivity index (χ0v) is 16.7. The number of hydrogen-bond acceptors (Lipinski definition) is 4. The fourth-order valence-electron chi connectivity index (χ4n) is 4.78. The minimum Gasteiger partial charge on any atom is -0.481 e. The lowest BCUT2D eigenvalue weighted by Crippen LogP contribution is -2.59. The summed E-state index contributed by atoms with van der Waals surface area (Å²) in [6.45, 7) is 2.93. The Morgan fingerprint density at radius 2 is 1.97 bits per heavy atom. The Morgan fingerprint density at radius 3 is 2.52 bits per heavy atom. The van der Waals surface area contributed by atoms with E-state index in [-0.39, 0.29) is 6.42 Å². The van der Waals surface area contributed by atoms with Crippen LogP contribution in [-0.4, -0.2) is 53.3 Å². The topological polar surface area (TPSA) is 62.7 Å². The number of rotatable bonds is 5. The molecular weight excluding hydrogens is 364 g/mol. The van der Waals surface area contributed by atoms with Crippen molar-refractivity contribution < 1.29 is 14.6 Å². The van der Waals surface area contributed by atoms with Crippen molar-refractivity contribution in [1.82, 2.24) is 9.88 Å². The number of piperidine rings is 3. The molecular formula is C24H26N2O3. The number of hydrogen-bond donors (Lipinski definition) is 1. The second-order valence-electron chi connectivity index (χ2n) is 7.98. The summed E-state index contributed by atoms with van der Waals surface area (Å²) in [6.07, 6.45) is 5.40. The van der Waals surface area contributed by atoms with Gasteiger partial charge in [0.1, 0.15) is 5.60 Å². The molecule has 2 aromatic rings. The fraction of sp³-hybridized carbons (Fsp3) is 0.417.